The van der Waals surface area contributed by atoms with Crippen molar-refractivity contribution in [2.75, 3.05) is 5.32 Å². The van der Waals surface area contributed by atoms with Crippen LogP contribution >= 0.6 is 11.6 Å². The molecule has 34 heavy (non-hydrogen) atoms. The molecular formula is C24H20ClFHoN5O2-. The van der Waals surface area contributed by atoms with E-state index >= 15 is 0 Å². The minimum Gasteiger partial charge on any atom is -0.493 e. The Hall–Kier alpha value is -2.52. The van der Waals surface area contributed by atoms with Gasteiger partial charge in [-0.1, -0.05) is 17.7 Å². The minimum atomic E-state index is -0.485. The monoisotopic (exact) mass is 629 g/mol. The number of nitrogens with one attached hydrogen (secondary N) is 1. The number of rotatable bonds is 5. The number of amidine groups is 1. The van der Waals surface area contributed by atoms with Gasteiger partial charge in [0, 0.05) is 48.9 Å². The number of nitrogens with two attached hydrogens (primary N) is 1. The summed E-state index contributed by atoms with van der Waals surface area (Å²) in [5.74, 6) is -0.694. The summed E-state index contributed by atoms with van der Waals surface area (Å²) in [7, 11) is 0. The Labute approximate surface area is 230 Å². The number of pyridine rings is 2. The number of hydrogen-bond acceptors (Lipinski definition) is 5. The van der Waals surface area contributed by atoms with Crippen LogP contribution in [0.3, 0.4) is 0 Å². The molecule has 4 rings (SSSR count). The van der Waals surface area contributed by atoms with Gasteiger partial charge in [0.25, 0.3) is 0 Å². The van der Waals surface area contributed by atoms with Gasteiger partial charge in [-0.15, -0.1) is 0 Å². The van der Waals surface area contributed by atoms with E-state index in [0.717, 1.165) is 11.8 Å². The van der Waals surface area contributed by atoms with Gasteiger partial charge in [-0.3, -0.25) is 4.79 Å². The second-order valence-electron chi connectivity index (χ2n) is 7.76. The van der Waals surface area contributed by atoms with Crippen LogP contribution in [0.4, 0.5) is 10.1 Å². The zero-order valence-electron chi connectivity index (χ0n) is 18.4. The fourth-order valence-electron chi connectivity index (χ4n) is 3.70. The van der Waals surface area contributed by atoms with Crippen LogP contribution in [0.25, 0.3) is 27.8 Å². The summed E-state index contributed by atoms with van der Waals surface area (Å²) < 4.78 is 19.6. The molecule has 4 aromatic rings. The standard InChI is InChI=1S/C24H20ClFN5O2.Ho/c1-11-8-15(13(3)30-17-6-7-19(25)31-20(17)24(27)28)23-16(9-11)21(32)12(2)22(33-23)18-5-4-14(26)10-29-18;/h4-10,13H,1-3H3,(H3-,27,28,30);/q-1;/t13-;/m1./s1. The molecule has 0 amide bonds. The third-order valence-corrected chi connectivity index (χ3v) is 5.50. The Kier molecular flexibility index (Phi) is 7.98. The van der Waals surface area contributed by atoms with E-state index in [-0.39, 0.29) is 65.8 Å². The molecule has 3 aromatic heterocycles. The molecule has 0 aliphatic rings. The van der Waals surface area contributed by atoms with Crippen molar-refractivity contribution >= 4 is 34.1 Å². The fraction of sp³-hybridized carbons (Fsp3) is 0.167. The van der Waals surface area contributed by atoms with Gasteiger partial charge in [-0.05, 0) is 62.5 Å². The maximum absolute atomic E-state index is 13.4. The third-order valence-electron chi connectivity index (χ3n) is 5.29. The number of hydrogen-bond donors (Lipinski definition) is 2. The third kappa shape index (κ3) is 5.10. The molecule has 3 heterocycles. The van der Waals surface area contributed by atoms with Crippen LogP contribution in [0.5, 0.6) is 0 Å². The Morgan fingerprint density at radius 2 is 1.97 bits per heavy atom. The normalized spacial score (nSPS) is 11.7. The molecule has 0 unspecified atom stereocenters. The molecule has 0 saturated carbocycles. The molecule has 179 valence electrons. The fourth-order valence-corrected chi connectivity index (χ4v) is 3.85. The maximum atomic E-state index is 13.4. The molecule has 1 aromatic carbocycles. The summed E-state index contributed by atoms with van der Waals surface area (Å²) in [4.78, 5) is 21.3. The summed E-state index contributed by atoms with van der Waals surface area (Å²) in [5.41, 5.74) is 8.61. The van der Waals surface area contributed by atoms with Gasteiger partial charge < -0.3 is 20.9 Å². The topological polar surface area (TPSA) is 116 Å². The van der Waals surface area contributed by atoms with E-state index in [1.54, 1.807) is 25.1 Å². The first-order chi connectivity index (χ1) is 15.7. The maximum Gasteiger partial charge on any atom is 0.196 e. The van der Waals surface area contributed by atoms with Gasteiger partial charge in [0.2, 0.25) is 0 Å². The number of benzene rings is 1. The first kappa shape index (κ1) is 26.1. The molecule has 10 heteroatoms. The van der Waals surface area contributed by atoms with Crippen molar-refractivity contribution in [2.24, 2.45) is 5.73 Å². The van der Waals surface area contributed by atoms with Crippen molar-refractivity contribution in [3.05, 3.63) is 91.6 Å². The molecular weight excluding hydrogens is 610 g/mol. The first-order valence-electron chi connectivity index (χ1n) is 10.1. The Bertz CT molecular complexity index is 1460. The second-order valence-corrected chi connectivity index (χ2v) is 8.15. The summed E-state index contributed by atoms with van der Waals surface area (Å²) in [6.45, 7) is 5.41. The van der Waals surface area contributed by atoms with Crippen LogP contribution in [0.1, 0.15) is 35.3 Å². The number of fused-ring (bicyclic) bond motifs is 1. The van der Waals surface area contributed by atoms with Crippen LogP contribution < -0.4 is 16.5 Å². The van der Waals surface area contributed by atoms with Gasteiger partial charge in [0.1, 0.15) is 22.2 Å². The molecule has 0 saturated heterocycles. The largest absolute Gasteiger partial charge is 0.493 e. The van der Waals surface area contributed by atoms with Crippen molar-refractivity contribution < 1.29 is 46.5 Å². The number of nitrogens with zero attached hydrogens (tertiary/aromatic N) is 3. The summed E-state index contributed by atoms with van der Waals surface area (Å²) in [6.07, 6.45) is 1.07. The predicted octanol–water partition coefficient (Wildman–Crippen LogP) is 5.11. The quantitative estimate of drug-likeness (QED) is 0.137. The van der Waals surface area contributed by atoms with Gasteiger partial charge in [0.05, 0.1) is 29.0 Å². The van der Waals surface area contributed by atoms with Crippen LogP contribution in [0.2, 0.25) is 5.15 Å². The number of aromatic nitrogens is 2. The van der Waals surface area contributed by atoms with Gasteiger partial charge in [0.15, 0.2) is 11.2 Å². The average molecular weight is 630 g/mol. The predicted molar refractivity (Wildman–Crippen MR) is 128 cm³/mol. The minimum absolute atomic E-state index is 0. The Balaban J connectivity index is 0.00000324. The zero-order valence-corrected chi connectivity index (χ0v) is 21.1. The Morgan fingerprint density at radius 1 is 1.24 bits per heavy atom. The van der Waals surface area contributed by atoms with E-state index in [1.807, 2.05) is 19.9 Å². The van der Waals surface area contributed by atoms with Gasteiger partial charge >= 0.3 is 0 Å². The van der Waals surface area contributed by atoms with Gasteiger partial charge in [-0.2, -0.15) is 0 Å². The van der Waals surface area contributed by atoms with E-state index in [1.165, 1.54) is 12.1 Å². The zero-order chi connectivity index (χ0) is 23.9. The number of halogens is 2. The van der Waals surface area contributed by atoms with E-state index in [0.29, 0.717) is 33.5 Å². The van der Waals surface area contributed by atoms with Crippen molar-refractivity contribution in [2.45, 2.75) is 26.8 Å². The average Bonchev–Trinajstić information content (AvgIpc) is 2.77. The molecule has 7 nitrogen and oxygen atoms in total. The van der Waals surface area contributed by atoms with Crippen LogP contribution in [-0.4, -0.2) is 15.8 Å². The van der Waals surface area contributed by atoms with Crippen molar-refractivity contribution in [3.63, 3.8) is 0 Å². The van der Waals surface area contributed by atoms with Gasteiger partial charge in [-0.25, -0.2) is 14.4 Å². The van der Waals surface area contributed by atoms with Crippen LogP contribution in [0.15, 0.2) is 51.8 Å². The van der Waals surface area contributed by atoms with Crippen LogP contribution in [-0.2, 0) is 0 Å². The van der Waals surface area contributed by atoms with Crippen molar-refractivity contribution in [1.29, 1.82) is 0 Å². The molecule has 0 bridgehead atoms. The second kappa shape index (κ2) is 10.4. The van der Waals surface area contributed by atoms with Crippen molar-refractivity contribution in [1.82, 2.24) is 9.97 Å². The van der Waals surface area contributed by atoms with Crippen molar-refractivity contribution in [3.8, 4) is 11.5 Å². The molecule has 0 aliphatic heterocycles. The first-order valence-corrected chi connectivity index (χ1v) is 10.5. The van der Waals surface area contributed by atoms with E-state index < -0.39 is 11.7 Å². The Morgan fingerprint density at radius 3 is 2.62 bits per heavy atom. The molecule has 1 radical (unpaired) electrons. The van der Waals surface area contributed by atoms with E-state index in [4.69, 9.17) is 21.8 Å². The SMILES string of the molecule is Cc1cc([C@@H](C)Nc2ccc(Cl)nc2C(=[N-])N)c2oc(-c3ccc(F)cn3)c(C)c(=O)c2c1.[Ho]. The van der Waals surface area contributed by atoms with Crippen LogP contribution in [0, 0.1) is 57.4 Å². The molecule has 0 spiro atoms. The summed E-state index contributed by atoms with van der Waals surface area (Å²) >= 11 is 5.93. The number of aryl methyl sites for hydroxylation is 1. The molecule has 3 N–H and O–H groups in total. The summed E-state index contributed by atoms with van der Waals surface area (Å²) in [6, 6.07) is 9.23. The summed E-state index contributed by atoms with van der Waals surface area (Å²) in [5, 5.41) is 13.7. The van der Waals surface area contributed by atoms with E-state index in [9.17, 15) is 14.6 Å². The van der Waals surface area contributed by atoms with E-state index in [2.05, 4.69) is 15.3 Å². The smallest absolute Gasteiger partial charge is 0.196 e. The molecule has 1 atom stereocenters. The molecule has 0 aliphatic carbocycles. The number of anilines is 1. The molecule has 0 fully saturated rings.